The van der Waals surface area contributed by atoms with Gasteiger partial charge in [0.25, 0.3) is 0 Å². The van der Waals surface area contributed by atoms with Gasteiger partial charge in [-0.25, -0.2) is 0 Å². The molecular weight excluding hydrogens is 340 g/mol. The molecule has 4 nitrogen and oxygen atoms in total. The zero-order valence-electron chi connectivity index (χ0n) is 17.0. The predicted molar refractivity (Wildman–Crippen MR) is 102 cm³/mol. The Bertz CT molecular complexity index is 722. The van der Waals surface area contributed by atoms with Gasteiger partial charge in [-0.2, -0.15) is 0 Å². The lowest BCUT2D eigenvalue weighted by Gasteiger charge is -2.59. The third kappa shape index (κ3) is 2.66. The lowest BCUT2D eigenvalue weighted by molar-refractivity contribution is -0.164. The van der Waals surface area contributed by atoms with Gasteiger partial charge in [-0.1, -0.05) is 19.4 Å². The van der Waals surface area contributed by atoms with Crippen molar-refractivity contribution in [3.63, 3.8) is 0 Å². The first-order chi connectivity index (χ1) is 12.7. The quantitative estimate of drug-likeness (QED) is 0.679. The van der Waals surface area contributed by atoms with Crippen molar-refractivity contribution >= 4 is 17.5 Å². The zero-order chi connectivity index (χ0) is 19.6. The van der Waals surface area contributed by atoms with E-state index in [1.807, 2.05) is 6.08 Å². The van der Waals surface area contributed by atoms with Crippen LogP contribution in [0.4, 0.5) is 0 Å². The van der Waals surface area contributed by atoms with E-state index in [9.17, 15) is 14.4 Å². The van der Waals surface area contributed by atoms with Gasteiger partial charge in [0.1, 0.15) is 11.9 Å². The minimum absolute atomic E-state index is 0.0883. The van der Waals surface area contributed by atoms with Gasteiger partial charge >= 0.3 is 5.97 Å². The second-order valence-electron chi connectivity index (χ2n) is 9.92. The van der Waals surface area contributed by atoms with Gasteiger partial charge in [-0.05, 0) is 74.7 Å². The molecule has 0 aromatic rings. The number of fused-ring (bicyclic) bond motifs is 5. The number of esters is 1. The van der Waals surface area contributed by atoms with Crippen LogP contribution in [-0.2, 0) is 19.1 Å². The van der Waals surface area contributed by atoms with E-state index in [2.05, 4.69) is 13.8 Å². The largest absolute Gasteiger partial charge is 0.461 e. The van der Waals surface area contributed by atoms with E-state index in [0.717, 1.165) is 38.5 Å². The monoisotopic (exact) mass is 372 g/mol. The Balaban J connectivity index is 1.70. The number of ketones is 2. The molecule has 0 aliphatic heterocycles. The van der Waals surface area contributed by atoms with Gasteiger partial charge in [0.15, 0.2) is 5.78 Å². The van der Waals surface area contributed by atoms with Crippen LogP contribution >= 0.6 is 0 Å². The van der Waals surface area contributed by atoms with Crippen LogP contribution in [0.1, 0.15) is 72.6 Å². The first-order valence-corrected chi connectivity index (χ1v) is 10.6. The minimum atomic E-state index is -0.343. The van der Waals surface area contributed by atoms with Crippen molar-refractivity contribution in [2.45, 2.75) is 78.7 Å². The number of carbonyl (C=O) groups excluding carboxylic acids is 3. The highest BCUT2D eigenvalue weighted by Crippen LogP contribution is 2.66. The van der Waals surface area contributed by atoms with E-state index >= 15 is 0 Å². The molecule has 0 bridgehead atoms. The second kappa shape index (κ2) is 6.28. The maximum atomic E-state index is 12.3. The van der Waals surface area contributed by atoms with Gasteiger partial charge in [0.05, 0.1) is 0 Å². The maximum Gasteiger partial charge on any atom is 0.302 e. The molecule has 3 fully saturated rings. The molecule has 0 aromatic heterocycles. The van der Waals surface area contributed by atoms with Gasteiger partial charge in [0.2, 0.25) is 0 Å². The fourth-order valence-corrected chi connectivity index (χ4v) is 7.62. The summed E-state index contributed by atoms with van der Waals surface area (Å²) in [7, 11) is 0. The molecule has 7 atom stereocenters. The van der Waals surface area contributed by atoms with Gasteiger partial charge in [0, 0.05) is 24.7 Å². The van der Waals surface area contributed by atoms with Crippen LogP contribution in [0.5, 0.6) is 0 Å². The third-order valence-electron chi connectivity index (χ3n) is 8.84. The van der Waals surface area contributed by atoms with Crippen molar-refractivity contribution < 1.29 is 19.1 Å². The highest BCUT2D eigenvalue weighted by molar-refractivity contribution is 5.92. The van der Waals surface area contributed by atoms with Crippen LogP contribution in [-0.4, -0.2) is 23.6 Å². The average Bonchev–Trinajstić information content (AvgIpc) is 2.93. The summed E-state index contributed by atoms with van der Waals surface area (Å²) in [6.45, 7) is 7.78. The summed E-state index contributed by atoms with van der Waals surface area (Å²) in [5.74, 6) is 1.90. The van der Waals surface area contributed by atoms with E-state index < -0.39 is 0 Å². The number of carbonyl (C=O) groups is 3. The Morgan fingerprint density at radius 3 is 2.48 bits per heavy atom. The SMILES string of the molecule is CC(=O)O[C@H]1CC(=O)C=C2CC[C@H]3[C@@H]4CC[C@H](C(C)=O)[C@@]4(C)CC[C@@H]3[C@]21C. The average molecular weight is 373 g/mol. The molecule has 0 unspecified atom stereocenters. The van der Waals surface area contributed by atoms with Crippen LogP contribution in [0.25, 0.3) is 0 Å². The van der Waals surface area contributed by atoms with Crippen LogP contribution in [0.2, 0.25) is 0 Å². The van der Waals surface area contributed by atoms with Crippen molar-refractivity contribution in [3.8, 4) is 0 Å². The predicted octanol–water partition coefficient (Wildman–Crippen LogP) is 4.27. The van der Waals surface area contributed by atoms with Gasteiger partial charge in [-0.3, -0.25) is 14.4 Å². The molecule has 0 aromatic carbocycles. The van der Waals surface area contributed by atoms with E-state index in [4.69, 9.17) is 4.74 Å². The molecule has 4 rings (SSSR count). The van der Waals surface area contributed by atoms with Crippen LogP contribution in [0.15, 0.2) is 11.6 Å². The summed E-state index contributed by atoms with van der Waals surface area (Å²) in [4.78, 5) is 36.3. The summed E-state index contributed by atoms with van der Waals surface area (Å²) < 4.78 is 5.72. The van der Waals surface area contributed by atoms with Crippen LogP contribution < -0.4 is 0 Å². The normalized spacial score (nSPS) is 46.0. The van der Waals surface area contributed by atoms with E-state index in [0.29, 0.717) is 30.0 Å². The molecule has 4 aliphatic rings. The topological polar surface area (TPSA) is 60.4 Å². The van der Waals surface area contributed by atoms with Gasteiger partial charge < -0.3 is 4.74 Å². The van der Waals surface area contributed by atoms with Crippen molar-refractivity contribution in [1.29, 1.82) is 0 Å². The standard InChI is InChI=1S/C23H32O4/c1-13(24)18-7-8-19-17-6-5-15-11-16(26)12-21(27-14(2)25)23(15,4)20(17)9-10-22(18,19)3/h11,17-21H,5-10,12H2,1-4H3/t17-,18+,19-,20-,21-,22+,23-/m0/s1. The lowest BCUT2D eigenvalue weighted by atomic mass is 9.46. The third-order valence-corrected chi connectivity index (χ3v) is 8.84. The maximum absolute atomic E-state index is 12.3. The summed E-state index contributed by atoms with van der Waals surface area (Å²) in [6.07, 6.45) is 8.09. The molecular formula is C23H32O4. The van der Waals surface area contributed by atoms with E-state index in [1.165, 1.54) is 12.5 Å². The van der Waals surface area contributed by atoms with Crippen molar-refractivity contribution in [2.75, 3.05) is 0 Å². The fraction of sp³-hybridized carbons (Fsp3) is 0.783. The van der Waals surface area contributed by atoms with Gasteiger partial charge in [-0.15, -0.1) is 0 Å². The number of hydrogen-bond acceptors (Lipinski definition) is 4. The smallest absolute Gasteiger partial charge is 0.302 e. The van der Waals surface area contributed by atoms with Crippen molar-refractivity contribution in [1.82, 2.24) is 0 Å². The molecule has 4 aliphatic carbocycles. The summed E-state index contributed by atoms with van der Waals surface area (Å²) in [6, 6.07) is 0. The molecule has 0 N–H and O–H groups in total. The Morgan fingerprint density at radius 1 is 1.07 bits per heavy atom. The first kappa shape index (κ1) is 18.9. The van der Waals surface area contributed by atoms with Crippen LogP contribution in [0.3, 0.4) is 0 Å². The van der Waals surface area contributed by atoms with Crippen LogP contribution in [0, 0.1) is 34.5 Å². The zero-order valence-corrected chi connectivity index (χ0v) is 17.0. The molecule has 4 heteroatoms. The molecule has 148 valence electrons. The lowest BCUT2D eigenvalue weighted by Crippen LogP contribution is -2.56. The Morgan fingerprint density at radius 2 is 1.81 bits per heavy atom. The first-order valence-electron chi connectivity index (χ1n) is 10.6. The summed E-state index contributed by atoms with van der Waals surface area (Å²) in [5.41, 5.74) is 1.07. The Kier molecular flexibility index (Phi) is 4.40. The summed E-state index contributed by atoms with van der Waals surface area (Å²) >= 11 is 0. The molecule has 0 heterocycles. The van der Waals surface area contributed by atoms with E-state index in [-0.39, 0.29) is 34.6 Å². The molecule has 3 saturated carbocycles. The minimum Gasteiger partial charge on any atom is -0.461 e. The molecule has 0 radical (unpaired) electrons. The van der Waals surface area contributed by atoms with Crippen molar-refractivity contribution in [2.24, 2.45) is 34.5 Å². The number of ether oxygens (including phenoxy) is 1. The number of rotatable bonds is 2. The Hall–Kier alpha value is -1.45. The number of hydrogen-bond donors (Lipinski definition) is 0. The van der Waals surface area contributed by atoms with E-state index in [1.54, 1.807) is 6.92 Å². The number of Topliss-reactive ketones (excluding diaryl/α,β-unsaturated/α-hetero) is 1. The molecule has 0 saturated heterocycles. The Labute approximate surface area is 162 Å². The molecule has 0 spiro atoms. The molecule has 27 heavy (non-hydrogen) atoms. The fourth-order valence-electron chi connectivity index (χ4n) is 7.62. The second-order valence-corrected chi connectivity index (χ2v) is 9.92. The van der Waals surface area contributed by atoms with Crippen molar-refractivity contribution in [3.05, 3.63) is 11.6 Å². The molecule has 0 amide bonds. The highest BCUT2D eigenvalue weighted by Gasteiger charge is 2.62. The highest BCUT2D eigenvalue weighted by atomic mass is 16.5. The summed E-state index contributed by atoms with van der Waals surface area (Å²) in [5, 5.41) is 0.